The van der Waals surface area contributed by atoms with Crippen molar-refractivity contribution in [3.63, 3.8) is 0 Å². The van der Waals surface area contributed by atoms with Crippen LogP contribution in [0.25, 0.3) is 11.3 Å². The molecule has 0 aliphatic rings. The van der Waals surface area contributed by atoms with Crippen LogP contribution in [0.15, 0.2) is 71.0 Å². The number of carbonyl (C=O) groups is 2. The number of hydrogen-bond acceptors (Lipinski definition) is 6. The van der Waals surface area contributed by atoms with Crippen LogP contribution in [0.5, 0.6) is 0 Å². The van der Waals surface area contributed by atoms with Gasteiger partial charge in [0, 0.05) is 11.8 Å². The Hall–Kier alpha value is -3.72. The number of anilines is 1. The van der Waals surface area contributed by atoms with Crippen molar-refractivity contribution in [2.24, 2.45) is 0 Å². The Balaban J connectivity index is 1.32. The summed E-state index contributed by atoms with van der Waals surface area (Å²) in [4.78, 5) is 29.6. The molecule has 3 heterocycles. The van der Waals surface area contributed by atoms with Crippen molar-refractivity contribution in [1.29, 1.82) is 0 Å². The summed E-state index contributed by atoms with van der Waals surface area (Å²) in [5.74, 6) is -0.365. The first-order valence-electron chi connectivity index (χ1n) is 8.81. The lowest BCUT2D eigenvalue weighted by Crippen LogP contribution is -2.27. The van der Waals surface area contributed by atoms with E-state index in [1.807, 2.05) is 30.3 Å². The fraction of sp³-hybridized carbons (Fsp3) is 0.100. The van der Waals surface area contributed by atoms with Crippen LogP contribution >= 0.6 is 11.3 Å². The highest BCUT2D eigenvalue weighted by molar-refractivity contribution is 7.10. The maximum absolute atomic E-state index is 12.3. The molecule has 9 heteroatoms. The normalized spacial score (nSPS) is 10.6. The molecule has 1 aromatic carbocycles. The third-order valence-electron chi connectivity index (χ3n) is 4.08. The van der Waals surface area contributed by atoms with Gasteiger partial charge in [-0.05, 0) is 12.1 Å². The smallest absolute Gasteiger partial charge is 0.291 e. The van der Waals surface area contributed by atoms with E-state index in [0.29, 0.717) is 12.2 Å². The van der Waals surface area contributed by atoms with E-state index < -0.39 is 0 Å². The van der Waals surface area contributed by atoms with E-state index in [2.05, 4.69) is 20.7 Å². The molecule has 146 valence electrons. The van der Waals surface area contributed by atoms with Crippen LogP contribution in [0, 0.1) is 0 Å². The topological polar surface area (TPSA) is 102 Å². The van der Waals surface area contributed by atoms with Crippen LogP contribution in [-0.4, -0.2) is 26.6 Å². The fourth-order valence-corrected chi connectivity index (χ4v) is 3.45. The maximum atomic E-state index is 12.3. The van der Waals surface area contributed by atoms with Crippen molar-refractivity contribution in [3.05, 3.63) is 77.3 Å². The number of nitrogens with one attached hydrogen (secondary N) is 2. The Morgan fingerprint density at radius 3 is 2.79 bits per heavy atom. The highest BCUT2D eigenvalue weighted by atomic mass is 32.1. The van der Waals surface area contributed by atoms with Crippen LogP contribution in [-0.2, 0) is 17.9 Å². The molecule has 3 aromatic heterocycles. The fourth-order valence-electron chi connectivity index (χ4n) is 2.72. The van der Waals surface area contributed by atoms with Crippen LogP contribution < -0.4 is 10.6 Å². The highest BCUT2D eigenvalue weighted by Gasteiger charge is 2.12. The number of thiazole rings is 1. The van der Waals surface area contributed by atoms with Gasteiger partial charge in [0.25, 0.3) is 5.91 Å². The summed E-state index contributed by atoms with van der Waals surface area (Å²) in [7, 11) is 0. The third kappa shape index (κ3) is 4.58. The second kappa shape index (κ2) is 8.53. The van der Waals surface area contributed by atoms with Gasteiger partial charge in [0.05, 0.1) is 40.8 Å². The summed E-state index contributed by atoms with van der Waals surface area (Å²) in [5.41, 5.74) is 4.14. The Labute approximate surface area is 170 Å². The predicted octanol–water partition coefficient (Wildman–Crippen LogP) is 3.17. The number of nitrogens with zero attached hydrogens (tertiary/aromatic N) is 3. The monoisotopic (exact) mass is 407 g/mol. The number of furan rings is 1. The van der Waals surface area contributed by atoms with Gasteiger partial charge >= 0.3 is 0 Å². The van der Waals surface area contributed by atoms with Crippen molar-refractivity contribution in [2.45, 2.75) is 13.1 Å². The zero-order chi connectivity index (χ0) is 20.1. The molecule has 0 saturated heterocycles. The number of rotatable bonds is 7. The van der Waals surface area contributed by atoms with Gasteiger partial charge in [0.1, 0.15) is 6.54 Å². The van der Waals surface area contributed by atoms with Crippen molar-refractivity contribution < 1.29 is 14.0 Å². The minimum absolute atomic E-state index is 0.0378. The lowest BCUT2D eigenvalue weighted by atomic mass is 10.1. The standard InChI is InChI=1S/C20H17N5O3S/c26-18(21-10-17-19(22-13-29-17)14-5-2-1-3-6-14)12-25-11-15(9-23-25)24-20(27)16-7-4-8-28-16/h1-9,11,13H,10,12H2,(H,21,26)(H,24,27). The van der Waals surface area contributed by atoms with Gasteiger partial charge in [-0.2, -0.15) is 5.10 Å². The second-order valence-corrected chi connectivity index (χ2v) is 7.06. The summed E-state index contributed by atoms with van der Waals surface area (Å²) in [6, 6.07) is 13.0. The van der Waals surface area contributed by atoms with Crippen molar-refractivity contribution >= 4 is 28.8 Å². The summed E-state index contributed by atoms with van der Waals surface area (Å²) >= 11 is 1.50. The molecule has 0 bridgehead atoms. The summed E-state index contributed by atoms with van der Waals surface area (Å²) in [5, 5.41) is 9.65. The van der Waals surface area contributed by atoms with Gasteiger partial charge in [-0.25, -0.2) is 4.98 Å². The first-order valence-corrected chi connectivity index (χ1v) is 9.69. The molecule has 0 unspecified atom stereocenters. The highest BCUT2D eigenvalue weighted by Crippen LogP contribution is 2.24. The molecule has 0 fully saturated rings. The van der Waals surface area contributed by atoms with Crippen LogP contribution in [0.3, 0.4) is 0 Å². The number of benzene rings is 1. The molecule has 0 saturated carbocycles. The zero-order valence-electron chi connectivity index (χ0n) is 15.2. The Morgan fingerprint density at radius 1 is 1.14 bits per heavy atom. The van der Waals surface area contributed by atoms with Crippen LogP contribution in [0.2, 0.25) is 0 Å². The van der Waals surface area contributed by atoms with E-state index in [1.165, 1.54) is 28.5 Å². The Bertz CT molecular complexity index is 1100. The van der Waals surface area contributed by atoms with E-state index in [4.69, 9.17) is 4.42 Å². The molecule has 0 aliphatic carbocycles. The van der Waals surface area contributed by atoms with Gasteiger partial charge in [0.2, 0.25) is 5.91 Å². The van der Waals surface area contributed by atoms with E-state index in [9.17, 15) is 9.59 Å². The molecule has 2 N–H and O–H groups in total. The van der Waals surface area contributed by atoms with Gasteiger partial charge in [-0.15, -0.1) is 11.3 Å². The number of hydrogen-bond donors (Lipinski definition) is 2. The summed E-state index contributed by atoms with van der Waals surface area (Å²) in [6.45, 7) is 0.424. The largest absolute Gasteiger partial charge is 0.459 e. The first kappa shape index (κ1) is 18.6. The minimum Gasteiger partial charge on any atom is -0.459 e. The average Bonchev–Trinajstić information content (AvgIpc) is 3.49. The molecule has 8 nitrogen and oxygen atoms in total. The van der Waals surface area contributed by atoms with E-state index >= 15 is 0 Å². The van der Waals surface area contributed by atoms with Crippen molar-refractivity contribution in [2.75, 3.05) is 5.32 Å². The third-order valence-corrected chi connectivity index (χ3v) is 4.91. The van der Waals surface area contributed by atoms with Gasteiger partial charge in [-0.1, -0.05) is 30.3 Å². The SMILES string of the molecule is O=C(Cn1cc(NC(=O)c2ccco2)cn1)NCc1scnc1-c1ccccc1. The summed E-state index contributed by atoms with van der Waals surface area (Å²) in [6.07, 6.45) is 4.49. The molecule has 0 spiro atoms. The first-order chi connectivity index (χ1) is 14.2. The van der Waals surface area contributed by atoms with E-state index in [1.54, 1.807) is 23.8 Å². The Morgan fingerprint density at radius 2 is 2.00 bits per heavy atom. The quantitative estimate of drug-likeness (QED) is 0.490. The number of carbonyl (C=O) groups excluding carboxylic acids is 2. The van der Waals surface area contributed by atoms with Crippen molar-refractivity contribution in [3.8, 4) is 11.3 Å². The molecular formula is C20H17N5O3S. The van der Waals surface area contributed by atoms with Gasteiger partial charge in [-0.3, -0.25) is 14.3 Å². The minimum atomic E-state index is -0.377. The molecule has 4 aromatic rings. The van der Waals surface area contributed by atoms with E-state index in [-0.39, 0.29) is 24.1 Å². The number of amides is 2. The van der Waals surface area contributed by atoms with Crippen LogP contribution in [0.1, 0.15) is 15.4 Å². The summed E-state index contributed by atoms with van der Waals surface area (Å²) < 4.78 is 6.50. The molecule has 2 amide bonds. The van der Waals surface area contributed by atoms with Gasteiger partial charge < -0.3 is 15.1 Å². The predicted molar refractivity (Wildman–Crippen MR) is 108 cm³/mol. The van der Waals surface area contributed by atoms with E-state index in [0.717, 1.165) is 16.1 Å². The number of aromatic nitrogens is 3. The molecule has 4 rings (SSSR count). The zero-order valence-corrected chi connectivity index (χ0v) is 16.1. The lowest BCUT2D eigenvalue weighted by molar-refractivity contribution is -0.122. The molecule has 0 radical (unpaired) electrons. The maximum Gasteiger partial charge on any atom is 0.291 e. The van der Waals surface area contributed by atoms with Gasteiger partial charge in [0.15, 0.2) is 5.76 Å². The molecule has 0 atom stereocenters. The molecule has 0 aliphatic heterocycles. The lowest BCUT2D eigenvalue weighted by Gasteiger charge is -2.06. The second-order valence-electron chi connectivity index (χ2n) is 6.12. The van der Waals surface area contributed by atoms with Crippen molar-refractivity contribution in [1.82, 2.24) is 20.1 Å². The van der Waals surface area contributed by atoms with Crippen LogP contribution in [0.4, 0.5) is 5.69 Å². The molecular weight excluding hydrogens is 390 g/mol. The Kier molecular flexibility index (Phi) is 5.48. The average molecular weight is 407 g/mol. The molecule has 29 heavy (non-hydrogen) atoms.